The number of fused-ring (bicyclic) bond motifs is 13. The number of furan rings is 1. The van der Waals surface area contributed by atoms with E-state index in [2.05, 4.69) is 217 Å². The molecule has 0 saturated carbocycles. The van der Waals surface area contributed by atoms with Gasteiger partial charge < -0.3 is 9.32 Å². The van der Waals surface area contributed by atoms with E-state index in [0.717, 1.165) is 63.0 Å². The Bertz CT molecular complexity index is 3480. The highest BCUT2D eigenvalue weighted by Crippen LogP contribution is 2.63. The lowest BCUT2D eigenvalue weighted by molar-refractivity contribution is 0.670. The first-order valence-electron chi connectivity index (χ1n) is 21.4. The number of para-hydroxylation sites is 2. The molecule has 0 radical (unpaired) electrons. The van der Waals surface area contributed by atoms with E-state index < -0.39 is 0 Å². The fraction of sp³-hybridized carbons (Fsp3) is 0.0508. The summed E-state index contributed by atoms with van der Waals surface area (Å²) in [7, 11) is 0. The average molecular weight is 778 g/mol. The molecule has 10 aromatic rings. The van der Waals surface area contributed by atoms with E-state index >= 15 is 0 Å². The fourth-order valence-corrected chi connectivity index (χ4v) is 10.9. The van der Waals surface area contributed by atoms with Crippen molar-refractivity contribution in [2.45, 2.75) is 18.3 Å². The van der Waals surface area contributed by atoms with E-state index in [4.69, 9.17) is 4.42 Å². The third-order valence-corrected chi connectivity index (χ3v) is 13.6. The summed E-state index contributed by atoms with van der Waals surface area (Å²) in [5.74, 6) is 0. The van der Waals surface area contributed by atoms with Gasteiger partial charge in [-0.15, -0.1) is 0 Å². The van der Waals surface area contributed by atoms with E-state index in [1.165, 1.54) is 66.4 Å². The van der Waals surface area contributed by atoms with Crippen LogP contribution in [-0.4, -0.2) is 0 Å². The predicted octanol–water partition coefficient (Wildman–Crippen LogP) is 16.0. The lowest BCUT2D eigenvalue weighted by Crippen LogP contribution is -2.27. The van der Waals surface area contributed by atoms with Gasteiger partial charge in [0, 0.05) is 27.7 Å². The largest absolute Gasteiger partial charge is 0.453 e. The molecule has 1 spiro atoms. The molecule has 0 amide bonds. The summed E-state index contributed by atoms with van der Waals surface area (Å²) in [5.41, 5.74) is 20.4. The quantitative estimate of drug-likeness (QED) is 0.173. The zero-order chi connectivity index (χ0) is 40.1. The molecule has 13 rings (SSSR count). The highest BCUT2D eigenvalue weighted by atomic mass is 16.3. The molecule has 0 bridgehead atoms. The smallest absolute Gasteiger partial charge is 0.159 e. The van der Waals surface area contributed by atoms with Crippen LogP contribution in [0.4, 0.5) is 17.1 Å². The van der Waals surface area contributed by atoms with Crippen molar-refractivity contribution >= 4 is 55.3 Å². The summed E-state index contributed by atoms with van der Waals surface area (Å²) in [5, 5.41) is 4.61. The maximum absolute atomic E-state index is 7.00. The van der Waals surface area contributed by atoms with Crippen LogP contribution in [0.3, 0.4) is 0 Å². The lowest BCUT2D eigenvalue weighted by Gasteiger charge is -2.32. The second kappa shape index (κ2) is 13.2. The third kappa shape index (κ3) is 4.91. The lowest BCUT2D eigenvalue weighted by atomic mass is 9.69. The Hall–Kier alpha value is -7.68. The monoisotopic (exact) mass is 777 g/mol. The molecule has 3 aliphatic rings. The van der Waals surface area contributed by atoms with Gasteiger partial charge in [0.05, 0.1) is 11.1 Å². The molecule has 2 heteroatoms. The number of rotatable bonds is 5. The van der Waals surface area contributed by atoms with Crippen LogP contribution in [0.5, 0.6) is 0 Å². The minimum absolute atomic E-state index is 0.330. The normalized spacial score (nSPS) is 16.0. The van der Waals surface area contributed by atoms with Crippen molar-refractivity contribution in [3.8, 4) is 33.4 Å². The van der Waals surface area contributed by atoms with Gasteiger partial charge in [0.2, 0.25) is 0 Å². The summed E-state index contributed by atoms with van der Waals surface area (Å²) in [6.45, 7) is 0. The maximum atomic E-state index is 7.00. The average Bonchev–Trinajstić information content (AvgIpc) is 3.97. The summed E-state index contributed by atoms with van der Waals surface area (Å²) in [4.78, 5) is 2.36. The van der Waals surface area contributed by atoms with E-state index in [0.29, 0.717) is 0 Å². The molecule has 1 aromatic heterocycles. The second-order valence-electron chi connectivity index (χ2n) is 16.7. The van der Waals surface area contributed by atoms with Gasteiger partial charge in [-0.25, -0.2) is 0 Å². The SMILES string of the molecule is C1=CC2=C(CC1)c1ccccc1C21c2ccccc2-c2ccc(-c3ccc(N(c4ccc5ccccc5c4)c4cccc5c4oc4c(-c6ccccc6)cccc45)cc3)cc21. The predicted molar refractivity (Wildman–Crippen MR) is 254 cm³/mol. The fourth-order valence-electron chi connectivity index (χ4n) is 10.9. The van der Waals surface area contributed by atoms with Gasteiger partial charge in [-0.1, -0.05) is 176 Å². The van der Waals surface area contributed by atoms with Gasteiger partial charge in [-0.3, -0.25) is 0 Å². The van der Waals surface area contributed by atoms with E-state index in [1.807, 2.05) is 0 Å². The Morgan fingerprint density at radius 1 is 0.426 bits per heavy atom. The first-order valence-corrected chi connectivity index (χ1v) is 21.4. The molecular weight excluding hydrogens is 739 g/mol. The minimum Gasteiger partial charge on any atom is -0.453 e. The molecule has 0 N–H and O–H groups in total. The summed E-state index contributed by atoms with van der Waals surface area (Å²) in [6, 6.07) is 73.4. The number of benzene rings is 9. The van der Waals surface area contributed by atoms with Gasteiger partial charge in [0.1, 0.15) is 5.58 Å². The van der Waals surface area contributed by atoms with Crippen molar-refractivity contribution < 1.29 is 4.42 Å². The molecule has 0 saturated heterocycles. The van der Waals surface area contributed by atoms with Crippen molar-refractivity contribution in [2.75, 3.05) is 4.90 Å². The molecule has 2 nitrogen and oxygen atoms in total. The van der Waals surface area contributed by atoms with Crippen LogP contribution in [0.2, 0.25) is 0 Å². The van der Waals surface area contributed by atoms with Crippen molar-refractivity contribution in [1.82, 2.24) is 0 Å². The van der Waals surface area contributed by atoms with Crippen molar-refractivity contribution in [3.05, 3.63) is 240 Å². The molecule has 0 aliphatic heterocycles. The van der Waals surface area contributed by atoms with Crippen LogP contribution in [0.1, 0.15) is 35.1 Å². The zero-order valence-electron chi connectivity index (χ0n) is 33.5. The third-order valence-electron chi connectivity index (χ3n) is 13.6. The zero-order valence-corrected chi connectivity index (χ0v) is 33.5. The number of hydrogen-bond donors (Lipinski definition) is 0. The maximum Gasteiger partial charge on any atom is 0.159 e. The van der Waals surface area contributed by atoms with Gasteiger partial charge in [-0.05, 0) is 121 Å². The summed E-state index contributed by atoms with van der Waals surface area (Å²) >= 11 is 0. The van der Waals surface area contributed by atoms with Crippen LogP contribution in [0.25, 0.3) is 71.7 Å². The molecule has 61 heavy (non-hydrogen) atoms. The van der Waals surface area contributed by atoms with Gasteiger partial charge in [-0.2, -0.15) is 0 Å². The number of nitrogens with zero attached hydrogens (tertiary/aromatic N) is 1. The van der Waals surface area contributed by atoms with Crippen LogP contribution in [0, 0.1) is 0 Å². The molecule has 1 heterocycles. The Labute approximate surface area is 355 Å². The van der Waals surface area contributed by atoms with Gasteiger partial charge >= 0.3 is 0 Å². The summed E-state index contributed by atoms with van der Waals surface area (Å²) in [6.07, 6.45) is 6.97. The Kier molecular flexibility index (Phi) is 7.38. The molecule has 0 fully saturated rings. The van der Waals surface area contributed by atoms with Gasteiger partial charge in [0.25, 0.3) is 0 Å². The Balaban J connectivity index is 0.972. The van der Waals surface area contributed by atoms with Crippen LogP contribution in [0.15, 0.2) is 222 Å². The van der Waals surface area contributed by atoms with Crippen molar-refractivity contribution in [3.63, 3.8) is 0 Å². The van der Waals surface area contributed by atoms with Crippen LogP contribution >= 0.6 is 0 Å². The molecule has 3 aliphatic carbocycles. The standard InChI is InChI=1S/C59H39NO/c1-2-15-40(16-3-1)45-21-12-22-50-51-23-13-27-56(58(51)61-57(45)50)60(44-34-30-38-14-4-5-17-41(38)36-44)43-32-28-39(29-33-43)42-31-35-49-48-20-8-11-26-54(48)59(55(49)37-42)52-24-9-6-18-46(52)47-19-7-10-25-53(47)59/h1-6,8-18,20-37H,7,19H2. The number of anilines is 3. The molecule has 1 unspecified atom stereocenters. The Morgan fingerprint density at radius 3 is 1.93 bits per heavy atom. The topological polar surface area (TPSA) is 16.4 Å². The van der Waals surface area contributed by atoms with Crippen LogP contribution in [-0.2, 0) is 5.41 Å². The van der Waals surface area contributed by atoms with E-state index in [9.17, 15) is 0 Å². The second-order valence-corrected chi connectivity index (χ2v) is 16.7. The molecule has 9 aromatic carbocycles. The number of allylic oxidation sites excluding steroid dienone is 4. The van der Waals surface area contributed by atoms with Gasteiger partial charge in [0.15, 0.2) is 5.58 Å². The first-order chi connectivity index (χ1) is 30.3. The van der Waals surface area contributed by atoms with Crippen LogP contribution < -0.4 is 4.90 Å². The highest BCUT2D eigenvalue weighted by molar-refractivity contribution is 6.13. The van der Waals surface area contributed by atoms with Crippen molar-refractivity contribution in [2.24, 2.45) is 0 Å². The minimum atomic E-state index is -0.330. The molecular formula is C59H39NO. The van der Waals surface area contributed by atoms with E-state index in [1.54, 1.807) is 0 Å². The van der Waals surface area contributed by atoms with Crippen molar-refractivity contribution in [1.29, 1.82) is 0 Å². The van der Waals surface area contributed by atoms with E-state index in [-0.39, 0.29) is 5.41 Å². The highest BCUT2D eigenvalue weighted by Gasteiger charge is 2.52. The number of hydrogen-bond acceptors (Lipinski definition) is 2. The molecule has 1 atom stereocenters. The summed E-state index contributed by atoms with van der Waals surface area (Å²) < 4.78 is 7.00. The molecule has 286 valence electrons. The Morgan fingerprint density at radius 2 is 1.08 bits per heavy atom. The first kappa shape index (κ1) is 34.2.